The van der Waals surface area contributed by atoms with Crippen molar-refractivity contribution in [3.05, 3.63) is 65.4 Å². The third-order valence-electron chi connectivity index (χ3n) is 2.91. The first kappa shape index (κ1) is 13.3. The second-order valence-electron chi connectivity index (χ2n) is 4.33. The van der Waals surface area contributed by atoms with E-state index < -0.39 is 0 Å². The molecule has 0 atom stereocenters. The number of carbonyl (C=O) groups is 1. The van der Waals surface area contributed by atoms with Gasteiger partial charge in [0.15, 0.2) is 0 Å². The Labute approximate surface area is 126 Å². The van der Waals surface area contributed by atoms with E-state index in [2.05, 4.69) is 20.5 Å². The van der Waals surface area contributed by atoms with E-state index in [0.29, 0.717) is 27.7 Å². The van der Waals surface area contributed by atoms with Gasteiger partial charge in [0.1, 0.15) is 0 Å². The predicted molar refractivity (Wildman–Crippen MR) is 81.2 cm³/mol. The van der Waals surface area contributed by atoms with Crippen LogP contribution in [0.2, 0.25) is 5.02 Å². The molecule has 0 aliphatic carbocycles. The molecule has 6 heteroatoms. The monoisotopic (exact) mass is 298 g/mol. The van der Waals surface area contributed by atoms with Crippen molar-refractivity contribution in [2.24, 2.45) is 0 Å². The van der Waals surface area contributed by atoms with E-state index in [1.54, 1.807) is 30.5 Å². The van der Waals surface area contributed by atoms with E-state index in [4.69, 9.17) is 11.6 Å². The summed E-state index contributed by atoms with van der Waals surface area (Å²) in [6.45, 7) is 0. The van der Waals surface area contributed by atoms with E-state index in [0.717, 1.165) is 0 Å². The number of H-pyrrole nitrogens is 1. The van der Waals surface area contributed by atoms with Crippen molar-refractivity contribution >= 4 is 23.2 Å². The normalized spacial score (nSPS) is 10.3. The Bertz CT molecular complexity index is 753. The highest BCUT2D eigenvalue weighted by Gasteiger charge is 2.16. The molecule has 0 saturated heterocycles. The summed E-state index contributed by atoms with van der Waals surface area (Å²) in [7, 11) is 0. The summed E-state index contributed by atoms with van der Waals surface area (Å²) in [4.78, 5) is 16.5. The first-order valence-electron chi connectivity index (χ1n) is 6.26. The number of hydrogen-bond acceptors (Lipinski definition) is 3. The largest absolute Gasteiger partial charge is 0.322 e. The van der Waals surface area contributed by atoms with Gasteiger partial charge in [-0.3, -0.25) is 14.9 Å². The Balaban J connectivity index is 1.86. The molecular formula is C15H11ClN4O. The fraction of sp³-hybridized carbons (Fsp3) is 0. The number of aromatic amines is 1. The number of nitrogens with zero attached hydrogens (tertiary/aromatic N) is 2. The van der Waals surface area contributed by atoms with Crippen molar-refractivity contribution in [2.75, 3.05) is 5.32 Å². The molecule has 2 N–H and O–H groups in total. The first-order chi connectivity index (χ1) is 10.2. The molecule has 3 aromatic rings. The zero-order valence-corrected chi connectivity index (χ0v) is 11.6. The van der Waals surface area contributed by atoms with Gasteiger partial charge in [-0.05, 0) is 36.4 Å². The molecule has 3 rings (SSSR count). The minimum absolute atomic E-state index is 0.258. The third kappa shape index (κ3) is 2.93. The maximum Gasteiger partial charge on any atom is 0.259 e. The summed E-state index contributed by atoms with van der Waals surface area (Å²) < 4.78 is 0. The van der Waals surface area contributed by atoms with Gasteiger partial charge in [-0.2, -0.15) is 5.10 Å². The molecule has 0 bridgehead atoms. The topological polar surface area (TPSA) is 70.7 Å². The quantitative estimate of drug-likeness (QED) is 0.778. The van der Waals surface area contributed by atoms with Crippen molar-refractivity contribution in [2.45, 2.75) is 0 Å². The van der Waals surface area contributed by atoms with Gasteiger partial charge in [0, 0.05) is 16.9 Å². The standard InChI is InChI=1S/C15H11ClN4O/c16-10-4-6-11(7-5-10)19-15(21)12-9-18-20-14(12)13-3-1-2-8-17-13/h1-9H,(H,18,20)(H,19,21). The molecular weight excluding hydrogens is 288 g/mol. The number of benzene rings is 1. The molecule has 0 saturated carbocycles. The van der Waals surface area contributed by atoms with Crippen molar-refractivity contribution in [1.29, 1.82) is 0 Å². The highest BCUT2D eigenvalue weighted by molar-refractivity contribution is 6.30. The van der Waals surface area contributed by atoms with Crippen LogP contribution in [0.3, 0.4) is 0 Å². The van der Waals surface area contributed by atoms with Crippen LogP contribution in [-0.2, 0) is 0 Å². The predicted octanol–water partition coefficient (Wildman–Crippen LogP) is 3.38. The Morgan fingerprint density at radius 2 is 1.95 bits per heavy atom. The summed E-state index contributed by atoms with van der Waals surface area (Å²) in [6, 6.07) is 12.4. The van der Waals surface area contributed by atoms with Gasteiger partial charge in [0.25, 0.3) is 5.91 Å². The van der Waals surface area contributed by atoms with Crippen molar-refractivity contribution in [1.82, 2.24) is 15.2 Å². The van der Waals surface area contributed by atoms with Crippen molar-refractivity contribution < 1.29 is 4.79 Å². The number of hydrogen-bond donors (Lipinski definition) is 2. The lowest BCUT2D eigenvalue weighted by atomic mass is 10.1. The summed E-state index contributed by atoms with van der Waals surface area (Å²) in [5.41, 5.74) is 2.35. The van der Waals surface area contributed by atoms with Crippen molar-refractivity contribution in [3.8, 4) is 11.4 Å². The number of pyridine rings is 1. The number of nitrogens with one attached hydrogen (secondary N) is 2. The number of halogens is 1. The Kier molecular flexibility index (Phi) is 3.66. The van der Waals surface area contributed by atoms with Crippen LogP contribution in [0.25, 0.3) is 11.4 Å². The van der Waals surface area contributed by atoms with Gasteiger partial charge >= 0.3 is 0 Å². The Morgan fingerprint density at radius 1 is 1.14 bits per heavy atom. The molecule has 0 fully saturated rings. The van der Waals surface area contributed by atoms with Gasteiger partial charge in [0.05, 0.1) is 23.1 Å². The zero-order valence-electron chi connectivity index (χ0n) is 10.9. The Hall–Kier alpha value is -2.66. The lowest BCUT2D eigenvalue weighted by molar-refractivity contribution is 0.102. The summed E-state index contributed by atoms with van der Waals surface area (Å²) in [5.74, 6) is -0.258. The fourth-order valence-corrected chi connectivity index (χ4v) is 2.02. The second kappa shape index (κ2) is 5.76. The summed E-state index contributed by atoms with van der Waals surface area (Å²) in [5, 5.41) is 10.1. The number of anilines is 1. The van der Waals surface area contributed by atoms with E-state index in [-0.39, 0.29) is 5.91 Å². The molecule has 104 valence electrons. The third-order valence-corrected chi connectivity index (χ3v) is 3.16. The van der Waals surface area contributed by atoms with E-state index in [1.807, 2.05) is 18.2 Å². The van der Waals surface area contributed by atoms with Crippen LogP contribution in [0.4, 0.5) is 5.69 Å². The summed E-state index contributed by atoms with van der Waals surface area (Å²) >= 11 is 5.82. The van der Waals surface area contributed by atoms with Crippen LogP contribution in [0.1, 0.15) is 10.4 Å². The molecule has 5 nitrogen and oxygen atoms in total. The minimum Gasteiger partial charge on any atom is -0.322 e. The van der Waals surface area contributed by atoms with E-state index >= 15 is 0 Å². The van der Waals surface area contributed by atoms with E-state index in [1.165, 1.54) is 6.20 Å². The molecule has 0 aliphatic heterocycles. The van der Waals surface area contributed by atoms with Gasteiger partial charge in [0.2, 0.25) is 0 Å². The first-order valence-corrected chi connectivity index (χ1v) is 6.63. The maximum atomic E-state index is 12.3. The lowest BCUT2D eigenvalue weighted by Crippen LogP contribution is -2.12. The molecule has 2 aromatic heterocycles. The molecule has 0 aliphatic rings. The number of carbonyl (C=O) groups excluding carboxylic acids is 1. The van der Waals surface area contributed by atoms with Gasteiger partial charge < -0.3 is 5.32 Å². The molecule has 0 spiro atoms. The molecule has 0 unspecified atom stereocenters. The Morgan fingerprint density at radius 3 is 2.67 bits per heavy atom. The molecule has 21 heavy (non-hydrogen) atoms. The van der Waals surface area contributed by atoms with Crippen LogP contribution in [0.5, 0.6) is 0 Å². The minimum atomic E-state index is -0.258. The SMILES string of the molecule is O=C(Nc1ccc(Cl)cc1)c1cn[nH]c1-c1ccccn1. The molecule has 1 amide bonds. The number of aromatic nitrogens is 3. The fourth-order valence-electron chi connectivity index (χ4n) is 1.90. The average Bonchev–Trinajstić information content (AvgIpc) is 3.00. The van der Waals surface area contributed by atoms with Crippen LogP contribution >= 0.6 is 11.6 Å². The van der Waals surface area contributed by atoms with Crippen LogP contribution < -0.4 is 5.32 Å². The molecule has 2 heterocycles. The van der Waals surface area contributed by atoms with Crippen LogP contribution in [-0.4, -0.2) is 21.1 Å². The molecule has 0 radical (unpaired) electrons. The highest BCUT2D eigenvalue weighted by Crippen LogP contribution is 2.20. The maximum absolute atomic E-state index is 12.3. The van der Waals surface area contributed by atoms with Gasteiger partial charge in [-0.25, -0.2) is 0 Å². The smallest absolute Gasteiger partial charge is 0.259 e. The average molecular weight is 299 g/mol. The zero-order chi connectivity index (χ0) is 14.7. The second-order valence-corrected chi connectivity index (χ2v) is 4.77. The number of amides is 1. The lowest BCUT2D eigenvalue weighted by Gasteiger charge is -2.05. The van der Waals surface area contributed by atoms with Gasteiger partial charge in [-0.15, -0.1) is 0 Å². The van der Waals surface area contributed by atoms with Gasteiger partial charge in [-0.1, -0.05) is 17.7 Å². The van der Waals surface area contributed by atoms with Crippen LogP contribution in [0.15, 0.2) is 54.9 Å². The molecule has 1 aromatic carbocycles. The van der Waals surface area contributed by atoms with E-state index in [9.17, 15) is 4.79 Å². The summed E-state index contributed by atoms with van der Waals surface area (Å²) in [6.07, 6.45) is 3.15. The van der Waals surface area contributed by atoms with Crippen LogP contribution in [0, 0.1) is 0 Å². The van der Waals surface area contributed by atoms with Crippen molar-refractivity contribution in [3.63, 3.8) is 0 Å². The highest BCUT2D eigenvalue weighted by atomic mass is 35.5. The number of rotatable bonds is 3.